The molecule has 0 fully saturated rings. The van der Waals surface area contributed by atoms with Crippen LogP contribution in [0.1, 0.15) is 52.7 Å². The molecule has 0 atom stereocenters. The first kappa shape index (κ1) is 24.5. The van der Waals surface area contributed by atoms with Gasteiger partial charge in [0.25, 0.3) is 0 Å². The summed E-state index contributed by atoms with van der Waals surface area (Å²) >= 11 is 0. The van der Waals surface area contributed by atoms with E-state index in [0.717, 1.165) is 28.0 Å². The van der Waals surface area contributed by atoms with Gasteiger partial charge in [-0.1, -0.05) is 79.0 Å². The van der Waals surface area contributed by atoms with E-state index < -0.39 is 16.6 Å². The van der Waals surface area contributed by atoms with E-state index in [1.807, 2.05) is 0 Å². The van der Waals surface area contributed by atoms with Crippen molar-refractivity contribution in [1.29, 1.82) is 0 Å². The van der Waals surface area contributed by atoms with Crippen LogP contribution in [0.25, 0.3) is 22.3 Å². The summed E-state index contributed by atoms with van der Waals surface area (Å²) in [6.45, 7) is 30.9. The Kier molecular flexibility index (Phi) is 6.57. The molecule has 0 radical (unpaired) electrons. The summed E-state index contributed by atoms with van der Waals surface area (Å²) in [4.78, 5) is 0. The summed E-state index contributed by atoms with van der Waals surface area (Å²) in [6, 6.07) is 12.8. The second-order valence-electron chi connectivity index (χ2n) is 11.3. The highest BCUT2D eigenvalue weighted by Gasteiger charge is 2.40. The highest BCUT2D eigenvalue weighted by atomic mass is 28.4. The predicted octanol–water partition coefficient (Wildman–Crippen LogP) is 8.82. The Labute approximate surface area is 186 Å². The minimum absolute atomic E-state index is 0.138. The number of benzene rings is 2. The average Bonchev–Trinajstić information content (AvgIpc) is 2.58. The maximum atomic E-state index is 6.43. The molecular weight excluding hydrogens is 400 g/mol. The second-order valence-corrected chi connectivity index (χ2v) is 20.8. The molecule has 30 heavy (non-hydrogen) atoms. The zero-order valence-electron chi connectivity index (χ0n) is 20.7. The van der Waals surface area contributed by atoms with Gasteiger partial charge < -0.3 is 8.85 Å². The van der Waals surface area contributed by atoms with Crippen LogP contribution in [0, 0.1) is 0 Å². The van der Waals surface area contributed by atoms with Crippen LogP contribution in [0.2, 0.25) is 36.3 Å². The lowest BCUT2D eigenvalue weighted by Crippen LogP contribution is -2.40. The van der Waals surface area contributed by atoms with Crippen LogP contribution in [0.3, 0.4) is 0 Å². The molecule has 2 nitrogen and oxygen atoms in total. The highest BCUT2D eigenvalue weighted by molar-refractivity contribution is 6.75. The van der Waals surface area contributed by atoms with Gasteiger partial charge in [0.15, 0.2) is 0 Å². The number of fused-ring (bicyclic) bond motifs is 1. The summed E-state index contributed by atoms with van der Waals surface area (Å²) in [7, 11) is -3.84. The van der Waals surface area contributed by atoms with Crippen LogP contribution < -0.4 is 0 Å². The molecule has 0 amide bonds. The molecule has 2 rings (SSSR count). The van der Waals surface area contributed by atoms with E-state index in [1.54, 1.807) is 0 Å². The van der Waals surface area contributed by atoms with Crippen molar-refractivity contribution in [1.82, 2.24) is 0 Å². The van der Waals surface area contributed by atoms with Gasteiger partial charge in [-0.15, -0.1) is 0 Å². The summed E-state index contributed by atoms with van der Waals surface area (Å²) in [5, 5.41) is 2.60. The van der Waals surface area contributed by atoms with Gasteiger partial charge >= 0.3 is 0 Å². The van der Waals surface area contributed by atoms with Gasteiger partial charge in [0, 0.05) is 11.1 Å². The molecule has 0 saturated heterocycles. The second kappa shape index (κ2) is 8.04. The Morgan fingerprint density at radius 1 is 0.633 bits per heavy atom. The monoisotopic (exact) mass is 440 g/mol. The fourth-order valence-electron chi connectivity index (χ4n) is 2.63. The maximum Gasteiger partial charge on any atom is 0.250 e. The van der Waals surface area contributed by atoms with Gasteiger partial charge in [-0.05, 0) is 59.2 Å². The van der Waals surface area contributed by atoms with E-state index in [4.69, 9.17) is 8.85 Å². The van der Waals surface area contributed by atoms with E-state index in [2.05, 4.69) is 117 Å². The third kappa shape index (κ3) is 5.27. The van der Waals surface area contributed by atoms with Gasteiger partial charge in [-0.3, -0.25) is 0 Å². The average molecular weight is 441 g/mol. The third-order valence-electron chi connectivity index (χ3n) is 6.85. The van der Waals surface area contributed by atoms with Crippen molar-refractivity contribution >= 4 is 38.9 Å². The van der Waals surface area contributed by atoms with Crippen molar-refractivity contribution in [2.24, 2.45) is 0 Å². The molecule has 4 heteroatoms. The molecule has 0 saturated carbocycles. The van der Waals surface area contributed by atoms with E-state index in [1.165, 1.54) is 5.39 Å². The molecule has 0 aliphatic carbocycles. The summed E-state index contributed by atoms with van der Waals surface area (Å²) < 4.78 is 12.9. The molecule has 164 valence electrons. The van der Waals surface area contributed by atoms with E-state index in [-0.39, 0.29) is 10.1 Å². The van der Waals surface area contributed by atoms with Crippen LogP contribution in [0.15, 0.2) is 49.6 Å². The van der Waals surface area contributed by atoms with E-state index >= 15 is 0 Å². The first-order valence-corrected chi connectivity index (χ1v) is 16.6. The molecule has 0 N–H and O–H groups in total. The lowest BCUT2D eigenvalue weighted by molar-refractivity contribution is 0.459. The van der Waals surface area contributed by atoms with E-state index in [0.29, 0.717) is 0 Å². The smallest absolute Gasteiger partial charge is 0.250 e. The maximum absolute atomic E-state index is 6.43. The van der Waals surface area contributed by atoms with Crippen molar-refractivity contribution in [3.8, 4) is 0 Å². The standard InChI is InChI=1S/C26H40O2Si2/c1-19(27-29(9,10)25(3,4)5)22-15-13-21-14-16-23(18-24(21)17-22)20(2)28-30(11,12)26(6,7)8/h13-18H,1-2H2,3-12H3. The van der Waals surface area contributed by atoms with Gasteiger partial charge in [-0.25, -0.2) is 0 Å². The molecule has 0 aliphatic rings. The molecular formula is C26H40O2Si2. The SMILES string of the molecule is C=C(O[Si](C)(C)C(C)(C)C)c1ccc2ccc(C(=C)O[Si](C)(C)C(C)(C)C)cc2c1. The Morgan fingerprint density at radius 3 is 1.27 bits per heavy atom. The van der Waals surface area contributed by atoms with Crippen LogP contribution in [0.4, 0.5) is 0 Å². The predicted molar refractivity (Wildman–Crippen MR) is 139 cm³/mol. The molecule has 2 aromatic rings. The first-order valence-electron chi connectivity index (χ1n) is 10.7. The summed E-state index contributed by atoms with van der Waals surface area (Å²) in [5.74, 6) is 1.51. The van der Waals surface area contributed by atoms with Crippen LogP contribution >= 0.6 is 0 Å². The van der Waals surface area contributed by atoms with E-state index in [9.17, 15) is 0 Å². The van der Waals surface area contributed by atoms with Gasteiger partial charge in [-0.2, -0.15) is 0 Å². The number of hydrogen-bond donors (Lipinski definition) is 0. The van der Waals surface area contributed by atoms with Crippen molar-refractivity contribution in [3.05, 3.63) is 60.7 Å². The van der Waals surface area contributed by atoms with Crippen LogP contribution in [0.5, 0.6) is 0 Å². The van der Waals surface area contributed by atoms with Crippen molar-refractivity contribution in [2.75, 3.05) is 0 Å². The first-order chi connectivity index (χ1) is 13.4. The minimum Gasteiger partial charge on any atom is -0.543 e. The Morgan fingerprint density at radius 2 is 0.967 bits per heavy atom. The normalized spacial score (nSPS) is 13.3. The van der Waals surface area contributed by atoms with Crippen molar-refractivity contribution in [2.45, 2.75) is 77.8 Å². The van der Waals surface area contributed by atoms with Crippen molar-refractivity contribution in [3.63, 3.8) is 0 Å². The molecule has 0 unspecified atom stereocenters. The van der Waals surface area contributed by atoms with Crippen LogP contribution in [-0.2, 0) is 8.85 Å². The third-order valence-corrected chi connectivity index (χ3v) is 15.6. The van der Waals surface area contributed by atoms with Crippen molar-refractivity contribution < 1.29 is 8.85 Å². The Hall–Kier alpha value is -1.79. The summed E-state index contributed by atoms with van der Waals surface area (Å²) in [6.07, 6.45) is 0. The van der Waals surface area contributed by atoms with Crippen LogP contribution in [-0.4, -0.2) is 16.6 Å². The molecule has 0 aliphatic heterocycles. The Bertz CT molecular complexity index is 882. The quantitative estimate of drug-likeness (QED) is 0.330. The van der Waals surface area contributed by atoms with Gasteiger partial charge in [0.2, 0.25) is 16.6 Å². The largest absolute Gasteiger partial charge is 0.543 e. The molecule has 0 bridgehead atoms. The molecule has 2 aromatic carbocycles. The lowest BCUT2D eigenvalue weighted by atomic mass is 10.0. The highest BCUT2D eigenvalue weighted by Crippen LogP contribution is 2.40. The fraction of sp³-hybridized carbons (Fsp3) is 0.462. The summed E-state index contributed by atoms with van der Waals surface area (Å²) in [5.41, 5.74) is 2.06. The topological polar surface area (TPSA) is 18.5 Å². The molecule has 0 aromatic heterocycles. The molecule has 0 heterocycles. The molecule has 0 spiro atoms. The zero-order valence-corrected chi connectivity index (χ0v) is 22.7. The Balaban J connectivity index is 2.32. The fourth-order valence-corrected chi connectivity index (χ4v) is 4.71. The zero-order chi connectivity index (χ0) is 23.1. The lowest BCUT2D eigenvalue weighted by Gasteiger charge is -2.37. The number of hydrogen-bond acceptors (Lipinski definition) is 2. The number of rotatable bonds is 6. The minimum atomic E-state index is -1.92. The van der Waals surface area contributed by atoms with Gasteiger partial charge in [0.1, 0.15) is 11.5 Å². The van der Waals surface area contributed by atoms with Gasteiger partial charge in [0.05, 0.1) is 0 Å².